The Kier molecular flexibility index (Phi) is 5.33. The highest BCUT2D eigenvalue weighted by atomic mass is 16.2. The van der Waals surface area contributed by atoms with E-state index in [0.717, 1.165) is 12.8 Å². The maximum absolute atomic E-state index is 11.6. The number of aryl methyl sites for hydroxylation is 1. The van der Waals surface area contributed by atoms with E-state index in [1.807, 2.05) is 7.05 Å². The van der Waals surface area contributed by atoms with Gasteiger partial charge in [-0.05, 0) is 37.4 Å². The number of urea groups is 1. The Morgan fingerprint density at radius 2 is 2.10 bits per heavy atom. The van der Waals surface area contributed by atoms with Gasteiger partial charge in [0, 0.05) is 26.1 Å². The van der Waals surface area contributed by atoms with Gasteiger partial charge in [-0.1, -0.05) is 24.3 Å². The third kappa shape index (κ3) is 4.04. The van der Waals surface area contributed by atoms with Crippen LogP contribution in [0.4, 0.5) is 4.79 Å². The van der Waals surface area contributed by atoms with Crippen LogP contribution in [-0.4, -0.2) is 37.5 Å². The fourth-order valence-electron chi connectivity index (χ4n) is 2.87. The van der Waals surface area contributed by atoms with Crippen LogP contribution >= 0.6 is 0 Å². The highest BCUT2D eigenvalue weighted by Gasteiger charge is 2.23. The summed E-state index contributed by atoms with van der Waals surface area (Å²) in [5, 5.41) is 4.67. The van der Waals surface area contributed by atoms with E-state index in [1.165, 1.54) is 24.6 Å². The molecule has 1 unspecified atom stereocenters. The van der Waals surface area contributed by atoms with Gasteiger partial charge < -0.3 is 5.32 Å². The van der Waals surface area contributed by atoms with Gasteiger partial charge in [-0.15, -0.1) is 0 Å². The molecule has 1 atom stereocenters. The lowest BCUT2D eigenvalue weighted by Crippen LogP contribution is -2.39. The Hall–Kier alpha value is -1.88. The second-order valence-electron chi connectivity index (χ2n) is 5.46. The van der Waals surface area contributed by atoms with E-state index < -0.39 is 6.03 Å². The summed E-state index contributed by atoms with van der Waals surface area (Å²) >= 11 is 0. The molecule has 0 aromatic heterocycles. The van der Waals surface area contributed by atoms with E-state index in [0.29, 0.717) is 19.0 Å². The molecule has 0 heterocycles. The van der Waals surface area contributed by atoms with Gasteiger partial charge in [0.05, 0.1) is 0 Å². The Balaban J connectivity index is 1.91. The lowest BCUT2D eigenvalue weighted by atomic mass is 9.87. The smallest absolute Gasteiger partial charge is 0.321 e. The lowest BCUT2D eigenvalue weighted by molar-refractivity contribution is -0.120. The van der Waals surface area contributed by atoms with Gasteiger partial charge in [-0.2, -0.15) is 0 Å². The molecule has 2 N–H and O–H groups in total. The van der Waals surface area contributed by atoms with Crippen LogP contribution < -0.4 is 10.6 Å². The van der Waals surface area contributed by atoms with Gasteiger partial charge >= 0.3 is 6.03 Å². The highest BCUT2D eigenvalue weighted by Crippen LogP contribution is 2.33. The molecule has 0 radical (unpaired) electrons. The Bertz CT molecular complexity index is 516. The molecular weight excluding hydrogens is 266 g/mol. The summed E-state index contributed by atoms with van der Waals surface area (Å²) in [6.07, 6.45) is 3.75. The van der Waals surface area contributed by atoms with Crippen LogP contribution in [0.3, 0.4) is 0 Å². The van der Waals surface area contributed by atoms with Crippen LogP contribution in [0.15, 0.2) is 24.3 Å². The number of rotatable bonds is 4. The molecule has 3 amide bonds. The number of nitrogens with one attached hydrogen (secondary N) is 2. The van der Waals surface area contributed by atoms with Crippen molar-refractivity contribution in [1.29, 1.82) is 0 Å². The largest absolute Gasteiger partial charge is 0.341 e. The first-order valence-corrected chi connectivity index (χ1v) is 7.41. The van der Waals surface area contributed by atoms with Crippen LogP contribution in [0.25, 0.3) is 0 Å². The van der Waals surface area contributed by atoms with Crippen molar-refractivity contribution < 1.29 is 9.59 Å². The first-order valence-electron chi connectivity index (χ1n) is 7.41. The Morgan fingerprint density at radius 1 is 1.33 bits per heavy atom. The molecule has 0 fully saturated rings. The standard InChI is InChI=1S/C16H23N3O2/c1-17-16(21)18-15(20)10-11-19(2)14-9-5-7-12-6-3-4-8-13(12)14/h3-4,6,8,14H,5,7,9-11H2,1-2H3,(H2,17,18,20,21). The third-order valence-electron chi connectivity index (χ3n) is 4.04. The molecule has 0 aliphatic heterocycles. The minimum absolute atomic E-state index is 0.245. The number of nitrogens with zero attached hydrogens (tertiary/aromatic N) is 1. The summed E-state index contributed by atoms with van der Waals surface area (Å²) < 4.78 is 0. The van der Waals surface area contributed by atoms with Crippen molar-refractivity contribution in [3.63, 3.8) is 0 Å². The third-order valence-corrected chi connectivity index (χ3v) is 4.04. The van der Waals surface area contributed by atoms with Gasteiger partial charge in [-0.3, -0.25) is 15.0 Å². The molecule has 114 valence electrons. The summed E-state index contributed by atoms with van der Waals surface area (Å²) in [7, 11) is 3.54. The first kappa shape index (κ1) is 15.5. The van der Waals surface area contributed by atoms with Gasteiger partial charge in [0.2, 0.25) is 5.91 Å². The van der Waals surface area contributed by atoms with Crippen LogP contribution in [0.2, 0.25) is 0 Å². The van der Waals surface area contributed by atoms with Crippen molar-refractivity contribution in [2.45, 2.75) is 31.7 Å². The van der Waals surface area contributed by atoms with Crippen LogP contribution in [0, 0.1) is 0 Å². The molecule has 1 aliphatic carbocycles. The number of benzene rings is 1. The summed E-state index contributed by atoms with van der Waals surface area (Å²) in [5.74, 6) is -0.245. The second kappa shape index (κ2) is 7.22. The summed E-state index contributed by atoms with van der Waals surface area (Å²) in [5.41, 5.74) is 2.79. The maximum Gasteiger partial charge on any atom is 0.321 e. The minimum Gasteiger partial charge on any atom is -0.341 e. The molecule has 1 aliphatic rings. The number of hydrogen-bond acceptors (Lipinski definition) is 3. The first-order chi connectivity index (χ1) is 10.1. The lowest BCUT2D eigenvalue weighted by Gasteiger charge is -2.33. The van der Waals surface area contributed by atoms with Crippen molar-refractivity contribution in [2.75, 3.05) is 20.6 Å². The van der Waals surface area contributed by atoms with Gasteiger partial charge in [0.25, 0.3) is 0 Å². The summed E-state index contributed by atoms with van der Waals surface area (Å²) in [6, 6.07) is 8.43. The second-order valence-corrected chi connectivity index (χ2v) is 5.46. The number of amides is 3. The van der Waals surface area contributed by atoms with Gasteiger partial charge in [0.1, 0.15) is 0 Å². The normalized spacial score (nSPS) is 17.2. The number of carbonyl (C=O) groups is 2. The zero-order valence-corrected chi connectivity index (χ0v) is 12.7. The maximum atomic E-state index is 11.6. The average Bonchev–Trinajstić information content (AvgIpc) is 2.51. The number of fused-ring (bicyclic) bond motifs is 1. The molecule has 5 nitrogen and oxygen atoms in total. The van der Waals surface area contributed by atoms with Crippen LogP contribution in [0.5, 0.6) is 0 Å². The number of hydrogen-bond donors (Lipinski definition) is 2. The average molecular weight is 289 g/mol. The fourth-order valence-corrected chi connectivity index (χ4v) is 2.87. The van der Waals surface area contributed by atoms with Crippen molar-refractivity contribution in [1.82, 2.24) is 15.5 Å². The molecule has 1 aromatic rings. The topological polar surface area (TPSA) is 61.4 Å². The molecule has 2 rings (SSSR count). The molecule has 5 heteroatoms. The van der Waals surface area contributed by atoms with E-state index in [2.05, 4.69) is 39.8 Å². The number of carbonyl (C=O) groups excluding carboxylic acids is 2. The van der Waals surface area contributed by atoms with Gasteiger partial charge in [0.15, 0.2) is 0 Å². The molecule has 0 spiro atoms. The molecule has 1 aromatic carbocycles. The molecule has 0 saturated carbocycles. The zero-order chi connectivity index (χ0) is 15.2. The summed E-state index contributed by atoms with van der Waals surface area (Å²) in [4.78, 5) is 24.9. The molecule has 0 bridgehead atoms. The summed E-state index contributed by atoms with van der Waals surface area (Å²) in [6.45, 7) is 0.641. The monoisotopic (exact) mass is 289 g/mol. The van der Waals surface area contributed by atoms with Gasteiger partial charge in [-0.25, -0.2) is 4.79 Å². The van der Waals surface area contributed by atoms with E-state index in [1.54, 1.807) is 0 Å². The molecule has 21 heavy (non-hydrogen) atoms. The van der Waals surface area contributed by atoms with Crippen molar-refractivity contribution in [3.05, 3.63) is 35.4 Å². The minimum atomic E-state index is -0.453. The van der Waals surface area contributed by atoms with E-state index in [-0.39, 0.29) is 5.91 Å². The zero-order valence-electron chi connectivity index (χ0n) is 12.7. The predicted molar refractivity (Wildman–Crippen MR) is 82.0 cm³/mol. The quantitative estimate of drug-likeness (QED) is 0.889. The fraction of sp³-hybridized carbons (Fsp3) is 0.500. The molecular formula is C16H23N3O2. The predicted octanol–water partition coefficient (Wildman–Crippen LogP) is 1.84. The number of imide groups is 1. The SMILES string of the molecule is CNC(=O)NC(=O)CCN(C)C1CCCc2ccccc21. The van der Waals surface area contributed by atoms with Crippen molar-refractivity contribution in [3.8, 4) is 0 Å². The van der Waals surface area contributed by atoms with Crippen LogP contribution in [-0.2, 0) is 11.2 Å². The van der Waals surface area contributed by atoms with Crippen LogP contribution in [0.1, 0.15) is 36.4 Å². The van der Waals surface area contributed by atoms with Crippen molar-refractivity contribution in [2.24, 2.45) is 0 Å². The Labute approximate surface area is 125 Å². The van der Waals surface area contributed by atoms with E-state index >= 15 is 0 Å². The Morgan fingerprint density at radius 3 is 2.86 bits per heavy atom. The van der Waals surface area contributed by atoms with Crippen molar-refractivity contribution >= 4 is 11.9 Å². The highest BCUT2D eigenvalue weighted by molar-refractivity contribution is 5.94. The van der Waals surface area contributed by atoms with E-state index in [9.17, 15) is 9.59 Å². The van der Waals surface area contributed by atoms with E-state index in [4.69, 9.17) is 0 Å². The molecule has 0 saturated heterocycles.